The van der Waals surface area contributed by atoms with Crippen LogP contribution in [0.5, 0.6) is 0 Å². The van der Waals surface area contributed by atoms with Crippen LogP contribution in [0.1, 0.15) is 25.0 Å². The van der Waals surface area contributed by atoms with Crippen LogP contribution in [0.3, 0.4) is 0 Å². The van der Waals surface area contributed by atoms with Crippen molar-refractivity contribution in [3.8, 4) is 0 Å². The van der Waals surface area contributed by atoms with Crippen molar-refractivity contribution in [2.24, 2.45) is 21.9 Å². The minimum Gasteiger partial charge on any atom is -0.387 e. The average molecular weight is 511 g/mol. The standard InChI is InChI=1S/C26H28Cl2N6O/c1-17-5-4-6-18(11-17)13-31-14-20(32-30)15-33-23-7-2-3-8-24(23)34(26(33)29)16-25(35)19-9-10-21(27)22(28)12-19/h2-5,7-12,14,18,25,29,35H,6,13,15-16,30H2,1H3/b29-26?,31-14?,32-20+. The maximum absolute atomic E-state index is 10.9. The molecule has 2 aromatic carbocycles. The molecule has 35 heavy (non-hydrogen) atoms. The number of fused-ring (bicyclic) bond motifs is 1. The van der Waals surface area contributed by atoms with Crippen LogP contribution in [0.25, 0.3) is 11.0 Å². The maximum Gasteiger partial charge on any atom is 0.203 e. The zero-order valence-corrected chi connectivity index (χ0v) is 20.9. The van der Waals surface area contributed by atoms with E-state index < -0.39 is 6.10 Å². The van der Waals surface area contributed by atoms with Crippen LogP contribution in [0, 0.1) is 11.3 Å². The summed E-state index contributed by atoms with van der Waals surface area (Å²) in [6.45, 7) is 3.19. The number of hydrazone groups is 1. The van der Waals surface area contributed by atoms with Gasteiger partial charge >= 0.3 is 0 Å². The molecule has 2 atom stereocenters. The SMILES string of the molecule is CC1=CC(CN=C/C(Cn2c(=N)n(CC(O)c3ccc(Cl)c(Cl)c3)c3ccccc32)=N\N)CC=C1. The Morgan fingerprint density at radius 3 is 2.63 bits per heavy atom. The molecule has 0 spiro atoms. The molecule has 0 bridgehead atoms. The van der Waals surface area contributed by atoms with Gasteiger partial charge in [-0.15, -0.1) is 0 Å². The van der Waals surface area contributed by atoms with Gasteiger partial charge in [-0.2, -0.15) is 5.10 Å². The number of nitrogens with zero attached hydrogens (tertiary/aromatic N) is 4. The fourth-order valence-electron chi connectivity index (χ4n) is 4.26. The van der Waals surface area contributed by atoms with E-state index in [9.17, 15) is 5.11 Å². The van der Waals surface area contributed by atoms with Gasteiger partial charge in [-0.05, 0) is 43.2 Å². The quantitative estimate of drug-likeness (QED) is 0.228. The molecule has 1 aliphatic carbocycles. The van der Waals surface area contributed by atoms with Gasteiger partial charge in [0.05, 0.1) is 46.0 Å². The van der Waals surface area contributed by atoms with E-state index in [2.05, 4.69) is 35.2 Å². The van der Waals surface area contributed by atoms with Crippen molar-refractivity contribution >= 4 is 46.2 Å². The van der Waals surface area contributed by atoms with Crippen LogP contribution in [0.4, 0.5) is 0 Å². The first-order chi connectivity index (χ1) is 16.9. The number of imidazole rings is 1. The lowest BCUT2D eigenvalue weighted by Gasteiger charge is -2.13. The molecule has 2 unspecified atom stereocenters. The van der Waals surface area contributed by atoms with Gasteiger partial charge in [-0.3, -0.25) is 10.4 Å². The molecular formula is C26H28Cl2N6O. The van der Waals surface area contributed by atoms with Gasteiger partial charge in [0.2, 0.25) is 5.62 Å². The Bertz CT molecular complexity index is 1400. The predicted molar refractivity (Wildman–Crippen MR) is 143 cm³/mol. The first-order valence-corrected chi connectivity index (χ1v) is 12.1. The second kappa shape index (κ2) is 11.1. The highest BCUT2D eigenvalue weighted by atomic mass is 35.5. The molecule has 1 aromatic heterocycles. The van der Waals surface area contributed by atoms with E-state index in [1.165, 1.54) is 5.57 Å². The summed E-state index contributed by atoms with van der Waals surface area (Å²) in [4.78, 5) is 4.56. The molecular weight excluding hydrogens is 483 g/mol. The first-order valence-electron chi connectivity index (χ1n) is 11.3. The molecule has 9 heteroatoms. The molecule has 0 radical (unpaired) electrons. The number of aliphatic hydroxyl groups is 1. The van der Waals surface area contributed by atoms with E-state index in [1.807, 2.05) is 28.8 Å². The van der Waals surface area contributed by atoms with Crippen LogP contribution in [-0.4, -0.2) is 32.7 Å². The van der Waals surface area contributed by atoms with Gasteiger partial charge in [0.15, 0.2) is 0 Å². The zero-order valence-electron chi connectivity index (χ0n) is 19.4. The van der Waals surface area contributed by atoms with Gasteiger partial charge in [-0.1, -0.05) is 65.2 Å². The van der Waals surface area contributed by atoms with Crippen molar-refractivity contribution in [2.75, 3.05) is 6.54 Å². The van der Waals surface area contributed by atoms with Gasteiger partial charge < -0.3 is 20.1 Å². The van der Waals surface area contributed by atoms with E-state index in [1.54, 1.807) is 29.0 Å². The van der Waals surface area contributed by atoms with Crippen molar-refractivity contribution in [3.05, 3.63) is 87.5 Å². The molecule has 1 heterocycles. The first kappa shape index (κ1) is 25.0. The molecule has 0 fully saturated rings. The number of hydrogen-bond acceptors (Lipinski definition) is 5. The Balaban J connectivity index is 1.57. The summed E-state index contributed by atoms with van der Waals surface area (Å²) < 4.78 is 3.57. The Morgan fingerprint density at radius 2 is 1.94 bits per heavy atom. The number of benzene rings is 2. The van der Waals surface area contributed by atoms with E-state index in [-0.39, 0.29) is 18.7 Å². The third-order valence-corrected chi connectivity index (χ3v) is 6.78. The lowest BCUT2D eigenvalue weighted by atomic mass is 9.97. The van der Waals surface area contributed by atoms with Gasteiger partial charge in [0.25, 0.3) is 0 Å². The predicted octanol–water partition coefficient (Wildman–Crippen LogP) is 4.87. The molecule has 0 saturated heterocycles. The molecule has 3 aromatic rings. The van der Waals surface area contributed by atoms with Crippen LogP contribution < -0.4 is 11.5 Å². The number of aliphatic imine (C=N–C) groups is 1. The third-order valence-electron chi connectivity index (χ3n) is 6.04. The minimum atomic E-state index is -0.872. The van der Waals surface area contributed by atoms with E-state index in [0.29, 0.717) is 33.8 Å². The summed E-state index contributed by atoms with van der Waals surface area (Å²) in [7, 11) is 0. The highest BCUT2D eigenvalue weighted by molar-refractivity contribution is 6.42. The summed E-state index contributed by atoms with van der Waals surface area (Å²) in [5.41, 5.74) is 4.30. The molecule has 0 saturated carbocycles. The molecule has 4 rings (SSSR count). The van der Waals surface area contributed by atoms with Crippen molar-refractivity contribution in [3.63, 3.8) is 0 Å². The fraction of sp³-hybridized carbons (Fsp3) is 0.269. The Morgan fingerprint density at radius 1 is 1.20 bits per heavy atom. The summed E-state index contributed by atoms with van der Waals surface area (Å²) in [6.07, 6.45) is 8.28. The van der Waals surface area contributed by atoms with Crippen LogP contribution in [0.15, 0.2) is 76.4 Å². The average Bonchev–Trinajstić information content (AvgIpc) is 3.11. The smallest absolute Gasteiger partial charge is 0.203 e. The number of nitrogens with one attached hydrogen (secondary N) is 1. The molecule has 7 nitrogen and oxygen atoms in total. The Hall–Kier alpha value is -3.13. The molecule has 4 N–H and O–H groups in total. The molecule has 182 valence electrons. The number of hydrogen-bond donors (Lipinski definition) is 3. The van der Waals surface area contributed by atoms with Gasteiger partial charge in [-0.25, -0.2) is 0 Å². The summed E-state index contributed by atoms with van der Waals surface area (Å²) in [6, 6.07) is 12.7. The number of aliphatic hydroxyl groups excluding tert-OH is 1. The highest BCUT2D eigenvalue weighted by Crippen LogP contribution is 2.27. The third kappa shape index (κ3) is 5.75. The molecule has 1 aliphatic rings. The number of para-hydroxylation sites is 2. The van der Waals surface area contributed by atoms with Crippen LogP contribution in [-0.2, 0) is 13.1 Å². The van der Waals surface area contributed by atoms with Crippen molar-refractivity contribution < 1.29 is 5.11 Å². The summed E-state index contributed by atoms with van der Waals surface area (Å²) in [5.74, 6) is 6.04. The normalized spacial score (nSPS) is 17.3. The molecule has 0 amide bonds. The number of halogens is 2. The number of aromatic nitrogens is 2. The van der Waals surface area contributed by atoms with Crippen molar-refractivity contribution in [2.45, 2.75) is 32.5 Å². The number of nitrogens with two attached hydrogens (primary N) is 1. The highest BCUT2D eigenvalue weighted by Gasteiger charge is 2.17. The largest absolute Gasteiger partial charge is 0.387 e. The lowest BCUT2D eigenvalue weighted by molar-refractivity contribution is 0.156. The van der Waals surface area contributed by atoms with E-state index in [0.717, 1.165) is 17.5 Å². The minimum absolute atomic E-state index is 0.175. The van der Waals surface area contributed by atoms with Gasteiger partial charge in [0, 0.05) is 18.7 Å². The Kier molecular flexibility index (Phi) is 7.90. The maximum atomic E-state index is 10.9. The van der Waals surface area contributed by atoms with Gasteiger partial charge in [0.1, 0.15) is 0 Å². The van der Waals surface area contributed by atoms with E-state index in [4.69, 9.17) is 34.5 Å². The summed E-state index contributed by atoms with van der Waals surface area (Å²) in [5, 5.41) is 24.4. The lowest BCUT2D eigenvalue weighted by Crippen LogP contribution is -2.29. The van der Waals surface area contributed by atoms with Crippen molar-refractivity contribution in [1.29, 1.82) is 5.41 Å². The number of allylic oxidation sites excluding steroid dienone is 3. The monoisotopic (exact) mass is 510 g/mol. The second-order valence-corrected chi connectivity index (χ2v) is 9.44. The van der Waals surface area contributed by atoms with Crippen LogP contribution >= 0.6 is 23.2 Å². The van der Waals surface area contributed by atoms with Crippen LogP contribution in [0.2, 0.25) is 10.0 Å². The number of rotatable bonds is 8. The van der Waals surface area contributed by atoms with E-state index >= 15 is 0 Å². The fourth-order valence-corrected chi connectivity index (χ4v) is 4.57. The zero-order chi connectivity index (χ0) is 24.9. The second-order valence-electron chi connectivity index (χ2n) is 8.62. The van der Waals surface area contributed by atoms with Crippen molar-refractivity contribution in [1.82, 2.24) is 9.13 Å². The summed E-state index contributed by atoms with van der Waals surface area (Å²) >= 11 is 12.1. The Labute approximate surface area is 214 Å². The topological polar surface area (TPSA) is 105 Å². The molecule has 0 aliphatic heterocycles.